The van der Waals surface area contributed by atoms with Crippen LogP contribution in [0.2, 0.25) is 0 Å². The summed E-state index contributed by atoms with van der Waals surface area (Å²) in [6.07, 6.45) is 5.17. The van der Waals surface area contributed by atoms with Gasteiger partial charge < -0.3 is 15.0 Å². The molecule has 2 fully saturated rings. The minimum atomic E-state index is 0. The molecule has 0 radical (unpaired) electrons. The Kier molecular flexibility index (Phi) is 6.09. The summed E-state index contributed by atoms with van der Waals surface area (Å²) < 4.78 is 5.61. The van der Waals surface area contributed by atoms with Crippen LogP contribution in [0.25, 0.3) is 0 Å². The highest BCUT2D eigenvalue weighted by atomic mass is 35.5. The van der Waals surface area contributed by atoms with Crippen LogP contribution >= 0.6 is 12.4 Å². The zero-order valence-corrected chi connectivity index (χ0v) is 13.8. The summed E-state index contributed by atoms with van der Waals surface area (Å²) in [5.41, 5.74) is 0. The Morgan fingerprint density at radius 3 is 2.50 bits per heavy atom. The van der Waals surface area contributed by atoms with E-state index in [-0.39, 0.29) is 18.3 Å². The van der Waals surface area contributed by atoms with Gasteiger partial charge in [0.05, 0.1) is 13.0 Å². The van der Waals surface area contributed by atoms with E-state index >= 15 is 0 Å². The molecule has 5 heteroatoms. The Morgan fingerprint density at radius 2 is 1.86 bits per heavy atom. The van der Waals surface area contributed by atoms with Crippen molar-refractivity contribution < 1.29 is 9.53 Å². The molecule has 22 heavy (non-hydrogen) atoms. The van der Waals surface area contributed by atoms with E-state index in [0.717, 1.165) is 18.6 Å². The van der Waals surface area contributed by atoms with Gasteiger partial charge in [0.15, 0.2) is 0 Å². The lowest BCUT2D eigenvalue weighted by atomic mass is 9.98. The van der Waals surface area contributed by atoms with Crippen molar-refractivity contribution in [3.05, 3.63) is 30.3 Å². The molecule has 0 spiro atoms. The molecular weight excluding hydrogens is 300 g/mol. The lowest BCUT2D eigenvalue weighted by Gasteiger charge is -2.35. The van der Waals surface area contributed by atoms with Gasteiger partial charge in [-0.05, 0) is 37.8 Å². The number of carbonyl (C=O) groups excluding carboxylic acids is 1. The standard InChI is InChI=1S/C17H24N2O2.ClH/c1-19(15-11-13-7-8-14(12-15)18-13)17(20)9-10-21-16-5-3-2-4-6-16;/h2-6,13-15,18H,7-12H2,1H3;1H. The maximum Gasteiger partial charge on any atom is 0.225 e. The average Bonchev–Trinajstić information content (AvgIpc) is 2.85. The fourth-order valence-corrected chi connectivity index (χ4v) is 3.50. The Balaban J connectivity index is 0.00000176. The second kappa shape index (κ2) is 7.84. The highest BCUT2D eigenvalue weighted by Crippen LogP contribution is 2.29. The number of rotatable bonds is 5. The van der Waals surface area contributed by atoms with Crippen molar-refractivity contribution in [2.75, 3.05) is 13.7 Å². The lowest BCUT2D eigenvalue weighted by molar-refractivity contribution is -0.133. The van der Waals surface area contributed by atoms with Gasteiger partial charge in [0.2, 0.25) is 5.91 Å². The van der Waals surface area contributed by atoms with Crippen molar-refractivity contribution >= 4 is 18.3 Å². The molecule has 2 aliphatic rings. The van der Waals surface area contributed by atoms with Crippen molar-refractivity contribution in [1.29, 1.82) is 0 Å². The van der Waals surface area contributed by atoms with Gasteiger partial charge in [-0.3, -0.25) is 4.79 Å². The van der Waals surface area contributed by atoms with Gasteiger partial charge in [0.1, 0.15) is 5.75 Å². The fraction of sp³-hybridized carbons (Fsp3) is 0.588. The van der Waals surface area contributed by atoms with Crippen LogP contribution in [0.4, 0.5) is 0 Å². The number of piperidine rings is 1. The first-order chi connectivity index (χ1) is 10.2. The summed E-state index contributed by atoms with van der Waals surface area (Å²) >= 11 is 0. The fourth-order valence-electron chi connectivity index (χ4n) is 3.50. The van der Waals surface area contributed by atoms with E-state index < -0.39 is 0 Å². The molecule has 1 N–H and O–H groups in total. The number of benzene rings is 1. The molecule has 1 amide bonds. The first-order valence-electron chi connectivity index (χ1n) is 7.92. The number of amides is 1. The number of hydrogen-bond acceptors (Lipinski definition) is 3. The van der Waals surface area contributed by atoms with Crippen molar-refractivity contribution in [2.24, 2.45) is 0 Å². The summed E-state index contributed by atoms with van der Waals surface area (Å²) in [6, 6.07) is 11.3. The van der Waals surface area contributed by atoms with Crippen LogP contribution in [0.5, 0.6) is 5.75 Å². The number of ether oxygens (including phenoxy) is 1. The van der Waals surface area contributed by atoms with Gasteiger partial charge in [0.25, 0.3) is 0 Å². The number of nitrogens with one attached hydrogen (secondary N) is 1. The molecule has 2 atom stereocenters. The Bertz CT molecular complexity index is 471. The topological polar surface area (TPSA) is 41.6 Å². The summed E-state index contributed by atoms with van der Waals surface area (Å²) in [5, 5.41) is 3.62. The second-order valence-electron chi connectivity index (χ2n) is 6.18. The summed E-state index contributed by atoms with van der Waals surface area (Å²) in [5.74, 6) is 1.02. The van der Waals surface area contributed by atoms with Crippen molar-refractivity contribution in [3.8, 4) is 5.75 Å². The minimum absolute atomic E-state index is 0. The van der Waals surface area contributed by atoms with Crippen LogP contribution in [-0.4, -0.2) is 42.6 Å². The number of hydrogen-bond donors (Lipinski definition) is 1. The van der Waals surface area contributed by atoms with Crippen LogP contribution in [0.3, 0.4) is 0 Å². The zero-order chi connectivity index (χ0) is 14.7. The van der Waals surface area contributed by atoms with E-state index in [0.29, 0.717) is 31.2 Å². The van der Waals surface area contributed by atoms with Crippen molar-refractivity contribution in [1.82, 2.24) is 10.2 Å². The lowest BCUT2D eigenvalue weighted by Crippen LogP contribution is -2.48. The Labute approximate surface area is 138 Å². The maximum absolute atomic E-state index is 12.3. The molecule has 0 aromatic heterocycles. The molecule has 2 aliphatic heterocycles. The van der Waals surface area contributed by atoms with Crippen LogP contribution in [-0.2, 0) is 4.79 Å². The van der Waals surface area contributed by atoms with E-state index in [2.05, 4.69) is 5.32 Å². The van der Waals surface area contributed by atoms with Crippen LogP contribution < -0.4 is 10.1 Å². The normalized spacial score (nSPS) is 26.1. The van der Waals surface area contributed by atoms with Gasteiger partial charge in [-0.1, -0.05) is 18.2 Å². The number of carbonyl (C=O) groups is 1. The number of fused-ring (bicyclic) bond motifs is 2. The first kappa shape index (κ1) is 17.1. The minimum Gasteiger partial charge on any atom is -0.493 e. The highest BCUT2D eigenvalue weighted by molar-refractivity contribution is 5.85. The van der Waals surface area contributed by atoms with Crippen LogP contribution in [0, 0.1) is 0 Å². The van der Waals surface area contributed by atoms with E-state index in [4.69, 9.17) is 4.74 Å². The van der Waals surface area contributed by atoms with E-state index in [9.17, 15) is 4.79 Å². The van der Waals surface area contributed by atoms with Gasteiger partial charge >= 0.3 is 0 Å². The third-order valence-electron chi connectivity index (χ3n) is 4.72. The maximum atomic E-state index is 12.3. The highest BCUT2D eigenvalue weighted by Gasteiger charge is 2.36. The molecule has 2 saturated heterocycles. The second-order valence-corrected chi connectivity index (χ2v) is 6.18. The predicted molar refractivity (Wildman–Crippen MR) is 89.5 cm³/mol. The van der Waals surface area contributed by atoms with Crippen molar-refractivity contribution in [2.45, 2.75) is 50.2 Å². The Hall–Kier alpha value is -1.26. The predicted octanol–water partition coefficient (Wildman–Crippen LogP) is 2.62. The molecule has 2 heterocycles. The molecule has 0 saturated carbocycles. The quantitative estimate of drug-likeness (QED) is 0.905. The number of halogens is 1. The molecule has 1 aromatic carbocycles. The summed E-state index contributed by atoms with van der Waals surface area (Å²) in [4.78, 5) is 14.2. The number of para-hydroxylation sites is 1. The van der Waals surface area contributed by atoms with E-state index in [1.54, 1.807) is 0 Å². The molecule has 122 valence electrons. The van der Waals surface area contributed by atoms with Crippen molar-refractivity contribution in [3.63, 3.8) is 0 Å². The zero-order valence-electron chi connectivity index (χ0n) is 13.0. The monoisotopic (exact) mass is 324 g/mol. The molecule has 4 nitrogen and oxygen atoms in total. The smallest absolute Gasteiger partial charge is 0.225 e. The Morgan fingerprint density at radius 1 is 1.23 bits per heavy atom. The first-order valence-corrected chi connectivity index (χ1v) is 7.92. The molecule has 0 aliphatic carbocycles. The van der Waals surface area contributed by atoms with Crippen LogP contribution in [0.1, 0.15) is 32.1 Å². The average molecular weight is 325 g/mol. The molecule has 1 aromatic rings. The third kappa shape index (κ3) is 4.14. The van der Waals surface area contributed by atoms with Gasteiger partial charge in [-0.15, -0.1) is 12.4 Å². The van der Waals surface area contributed by atoms with Gasteiger partial charge in [0, 0.05) is 25.2 Å². The van der Waals surface area contributed by atoms with Gasteiger partial charge in [-0.25, -0.2) is 0 Å². The van der Waals surface area contributed by atoms with Gasteiger partial charge in [-0.2, -0.15) is 0 Å². The third-order valence-corrected chi connectivity index (χ3v) is 4.72. The van der Waals surface area contributed by atoms with Crippen LogP contribution in [0.15, 0.2) is 30.3 Å². The van der Waals surface area contributed by atoms with E-state index in [1.165, 1.54) is 12.8 Å². The molecule has 2 unspecified atom stereocenters. The number of nitrogens with zero attached hydrogens (tertiary/aromatic N) is 1. The molecule has 3 rings (SSSR count). The SMILES string of the molecule is CN(C(=O)CCOc1ccccc1)C1CC2CCC(C1)N2.Cl. The largest absolute Gasteiger partial charge is 0.493 e. The molecular formula is C17H25ClN2O2. The molecule has 2 bridgehead atoms. The van der Waals surface area contributed by atoms with E-state index in [1.807, 2.05) is 42.3 Å². The summed E-state index contributed by atoms with van der Waals surface area (Å²) in [7, 11) is 1.94. The summed E-state index contributed by atoms with van der Waals surface area (Å²) in [6.45, 7) is 0.449.